The minimum absolute atomic E-state index is 0.303. The summed E-state index contributed by atoms with van der Waals surface area (Å²) in [6.45, 7) is 3.58. The van der Waals surface area contributed by atoms with Gasteiger partial charge in [0.2, 0.25) is 0 Å². The number of benzene rings is 1. The molecular formula is C18H23F3N2O2. The van der Waals surface area contributed by atoms with Crippen LogP contribution in [-0.2, 0) is 22.9 Å². The van der Waals surface area contributed by atoms with Crippen LogP contribution in [0.1, 0.15) is 42.4 Å². The van der Waals surface area contributed by atoms with Gasteiger partial charge in [-0.15, -0.1) is 0 Å². The van der Waals surface area contributed by atoms with Gasteiger partial charge in [-0.2, -0.15) is 13.2 Å². The lowest BCUT2D eigenvalue weighted by Crippen LogP contribution is -2.43. The van der Waals surface area contributed by atoms with Crippen molar-refractivity contribution in [1.82, 2.24) is 10.2 Å². The highest BCUT2D eigenvalue weighted by molar-refractivity contribution is 5.82. The number of carbonyl (C=O) groups is 1. The maximum Gasteiger partial charge on any atom is 0.416 e. The summed E-state index contributed by atoms with van der Waals surface area (Å²) in [6, 6.07) is 3.88. The highest BCUT2D eigenvalue weighted by Crippen LogP contribution is 2.43. The Morgan fingerprint density at radius 3 is 2.36 bits per heavy atom. The minimum Gasteiger partial charge on any atom is -0.481 e. The van der Waals surface area contributed by atoms with Crippen LogP contribution >= 0.6 is 0 Å². The van der Waals surface area contributed by atoms with Crippen LogP contribution in [0.5, 0.6) is 0 Å². The van der Waals surface area contributed by atoms with Crippen molar-refractivity contribution in [3.8, 4) is 0 Å². The molecule has 0 atom stereocenters. The fourth-order valence-corrected chi connectivity index (χ4v) is 3.96. The molecule has 1 heterocycles. The molecule has 138 valence electrons. The number of carboxylic acid groups (broad SMARTS) is 1. The van der Waals surface area contributed by atoms with Crippen molar-refractivity contribution >= 4 is 5.97 Å². The van der Waals surface area contributed by atoms with E-state index in [4.69, 9.17) is 0 Å². The number of alkyl halides is 3. The molecule has 2 N–H and O–H groups in total. The minimum atomic E-state index is -4.48. The number of halogens is 3. The van der Waals surface area contributed by atoms with Gasteiger partial charge >= 0.3 is 12.1 Å². The quantitative estimate of drug-likeness (QED) is 0.871. The topological polar surface area (TPSA) is 52.6 Å². The number of piperazine rings is 1. The Bertz CT molecular complexity index is 634. The third-order valence-electron chi connectivity index (χ3n) is 5.35. The summed E-state index contributed by atoms with van der Waals surface area (Å²) >= 11 is 0. The average molecular weight is 356 g/mol. The lowest BCUT2D eigenvalue weighted by molar-refractivity contribution is -0.144. The fraction of sp³-hybridized carbons (Fsp3) is 0.611. The van der Waals surface area contributed by atoms with Crippen molar-refractivity contribution in [2.45, 2.75) is 43.8 Å². The number of hydrogen-bond donors (Lipinski definition) is 2. The largest absolute Gasteiger partial charge is 0.481 e. The summed E-state index contributed by atoms with van der Waals surface area (Å²) in [6.07, 6.45) is -2.22. The van der Waals surface area contributed by atoms with Crippen LogP contribution in [0.3, 0.4) is 0 Å². The van der Waals surface area contributed by atoms with Crippen molar-refractivity contribution < 1.29 is 23.1 Å². The molecule has 1 saturated heterocycles. The van der Waals surface area contributed by atoms with Crippen molar-refractivity contribution in [3.05, 3.63) is 34.9 Å². The second-order valence-electron chi connectivity index (χ2n) is 7.04. The van der Waals surface area contributed by atoms with Crippen LogP contribution in [0.15, 0.2) is 18.2 Å². The summed E-state index contributed by atoms with van der Waals surface area (Å²) < 4.78 is 40.1. The molecule has 4 nitrogen and oxygen atoms in total. The van der Waals surface area contributed by atoms with E-state index in [1.165, 1.54) is 0 Å². The molecule has 3 rings (SSSR count). The number of nitrogens with one attached hydrogen (secondary N) is 1. The average Bonchev–Trinajstić information content (AvgIpc) is 3.06. The van der Waals surface area contributed by atoms with E-state index in [1.807, 2.05) is 0 Å². The molecule has 2 fully saturated rings. The number of rotatable bonds is 4. The van der Waals surface area contributed by atoms with E-state index in [0.717, 1.165) is 51.2 Å². The summed E-state index contributed by atoms with van der Waals surface area (Å²) in [5.41, 5.74) is -1.08. The first-order valence-corrected chi connectivity index (χ1v) is 8.69. The lowest BCUT2D eigenvalue weighted by atomic mass is 9.77. The maximum absolute atomic E-state index is 13.4. The maximum atomic E-state index is 13.4. The molecule has 0 radical (unpaired) electrons. The van der Waals surface area contributed by atoms with Crippen molar-refractivity contribution in [2.75, 3.05) is 26.2 Å². The monoisotopic (exact) mass is 356 g/mol. The molecule has 1 saturated carbocycles. The molecular weight excluding hydrogens is 333 g/mol. The van der Waals surface area contributed by atoms with E-state index in [9.17, 15) is 23.1 Å². The molecule has 2 aliphatic rings. The van der Waals surface area contributed by atoms with Gasteiger partial charge in [-0.25, -0.2) is 0 Å². The van der Waals surface area contributed by atoms with Gasteiger partial charge in [0.15, 0.2) is 0 Å². The van der Waals surface area contributed by atoms with E-state index in [2.05, 4.69) is 10.2 Å². The predicted octanol–water partition coefficient (Wildman–Crippen LogP) is 3.01. The smallest absolute Gasteiger partial charge is 0.416 e. The number of hydrogen-bond acceptors (Lipinski definition) is 3. The molecule has 0 aromatic heterocycles. The fourth-order valence-electron chi connectivity index (χ4n) is 3.96. The molecule has 25 heavy (non-hydrogen) atoms. The van der Waals surface area contributed by atoms with Crippen molar-refractivity contribution in [1.29, 1.82) is 0 Å². The Hall–Kier alpha value is -1.60. The Labute approximate surface area is 145 Å². The molecule has 0 unspecified atom stereocenters. The summed E-state index contributed by atoms with van der Waals surface area (Å²) in [7, 11) is 0. The van der Waals surface area contributed by atoms with Crippen LogP contribution in [0.2, 0.25) is 0 Å². The van der Waals surface area contributed by atoms with Crippen molar-refractivity contribution in [3.63, 3.8) is 0 Å². The third-order valence-corrected chi connectivity index (χ3v) is 5.35. The van der Waals surface area contributed by atoms with E-state index < -0.39 is 23.1 Å². The van der Waals surface area contributed by atoms with E-state index in [1.54, 1.807) is 6.07 Å². The first-order chi connectivity index (χ1) is 11.8. The molecule has 7 heteroatoms. The van der Waals surface area contributed by atoms with Gasteiger partial charge in [0.1, 0.15) is 0 Å². The number of aliphatic carboxylic acids is 1. The van der Waals surface area contributed by atoms with Crippen LogP contribution in [0.4, 0.5) is 13.2 Å². The number of nitrogens with zero attached hydrogens (tertiary/aromatic N) is 1. The highest BCUT2D eigenvalue weighted by Gasteiger charge is 2.44. The third kappa shape index (κ3) is 3.82. The second-order valence-corrected chi connectivity index (χ2v) is 7.04. The Kier molecular flexibility index (Phi) is 5.06. The molecule has 0 amide bonds. The summed E-state index contributed by atoms with van der Waals surface area (Å²) in [5.74, 6) is -1.02. The van der Waals surface area contributed by atoms with Gasteiger partial charge in [0.05, 0.1) is 11.0 Å². The SMILES string of the molecule is O=C(O)C1(c2cc(CN3CCNCC3)cc(C(F)(F)F)c2)CCCC1. The molecule has 1 aromatic rings. The second kappa shape index (κ2) is 6.96. The Balaban J connectivity index is 1.99. The Morgan fingerprint density at radius 2 is 1.80 bits per heavy atom. The van der Waals surface area contributed by atoms with Crippen LogP contribution < -0.4 is 5.32 Å². The van der Waals surface area contributed by atoms with Gasteiger partial charge in [0, 0.05) is 32.7 Å². The van der Waals surface area contributed by atoms with Crippen LogP contribution in [0.25, 0.3) is 0 Å². The summed E-state index contributed by atoms with van der Waals surface area (Å²) in [4.78, 5) is 14.0. The molecule has 1 aromatic carbocycles. The lowest BCUT2D eigenvalue weighted by Gasteiger charge is -2.29. The molecule has 1 aliphatic carbocycles. The first-order valence-electron chi connectivity index (χ1n) is 8.69. The van der Waals surface area contributed by atoms with Crippen LogP contribution in [0, 0.1) is 0 Å². The zero-order valence-electron chi connectivity index (χ0n) is 14.0. The molecule has 1 aliphatic heterocycles. The summed E-state index contributed by atoms with van der Waals surface area (Å²) in [5, 5.41) is 12.9. The van der Waals surface area contributed by atoms with E-state index in [-0.39, 0.29) is 0 Å². The van der Waals surface area contributed by atoms with Crippen molar-refractivity contribution in [2.24, 2.45) is 0 Å². The van der Waals surface area contributed by atoms with Gasteiger partial charge in [-0.05, 0) is 36.1 Å². The standard InChI is InChI=1S/C18H23F3N2O2/c19-18(20,21)15-10-13(12-23-7-5-22-6-8-23)9-14(11-15)17(16(24)25)3-1-2-4-17/h9-11,22H,1-8,12H2,(H,24,25). The normalized spacial score (nSPS) is 21.4. The zero-order valence-corrected chi connectivity index (χ0v) is 14.0. The first kappa shape index (κ1) is 18.2. The molecule has 0 bridgehead atoms. The molecule has 0 spiro atoms. The van der Waals surface area contributed by atoms with E-state index >= 15 is 0 Å². The van der Waals surface area contributed by atoms with Crippen LogP contribution in [-0.4, -0.2) is 42.2 Å². The van der Waals surface area contributed by atoms with Gasteiger partial charge in [-0.1, -0.05) is 18.9 Å². The van der Waals surface area contributed by atoms with Gasteiger partial charge in [0.25, 0.3) is 0 Å². The van der Waals surface area contributed by atoms with Gasteiger partial charge in [-0.3, -0.25) is 9.69 Å². The number of carboxylic acids is 1. The predicted molar refractivity (Wildman–Crippen MR) is 87.4 cm³/mol. The van der Waals surface area contributed by atoms with E-state index in [0.29, 0.717) is 30.5 Å². The Morgan fingerprint density at radius 1 is 1.16 bits per heavy atom. The van der Waals surface area contributed by atoms with Gasteiger partial charge < -0.3 is 10.4 Å². The zero-order chi connectivity index (χ0) is 18.1. The highest BCUT2D eigenvalue weighted by atomic mass is 19.4.